The molecule has 1 aromatic rings. The fourth-order valence-electron chi connectivity index (χ4n) is 2.59. The molecule has 126 valence electrons. The first-order valence-corrected chi connectivity index (χ1v) is 9.10. The summed E-state index contributed by atoms with van der Waals surface area (Å²) in [6.07, 6.45) is 0.255. The quantitative estimate of drug-likeness (QED) is 0.877. The molecule has 1 fully saturated rings. The highest BCUT2D eigenvalue weighted by atomic mass is 32.2. The number of carbonyl (C=O) groups is 2. The summed E-state index contributed by atoms with van der Waals surface area (Å²) in [6, 6.07) is 6.50. The number of aliphatic carboxylic acids is 1. The predicted octanol–water partition coefficient (Wildman–Crippen LogP) is 1.48. The van der Waals surface area contributed by atoms with Crippen LogP contribution in [-0.2, 0) is 19.4 Å². The molecule has 2 rings (SSSR count). The van der Waals surface area contributed by atoms with Crippen LogP contribution in [0.2, 0.25) is 0 Å². The maximum atomic E-state index is 12.2. The van der Waals surface area contributed by atoms with Crippen molar-refractivity contribution in [1.82, 2.24) is 4.90 Å². The molecule has 0 unspecified atom stereocenters. The van der Waals surface area contributed by atoms with E-state index in [4.69, 9.17) is 5.11 Å². The minimum absolute atomic E-state index is 0.131. The molecule has 1 aliphatic heterocycles. The van der Waals surface area contributed by atoms with Crippen LogP contribution in [0, 0.1) is 12.3 Å². The number of hydrogen-bond acceptors (Lipinski definition) is 4. The van der Waals surface area contributed by atoms with Crippen LogP contribution >= 0.6 is 0 Å². The number of aryl methyl sites for hydroxylation is 1. The lowest BCUT2D eigenvalue weighted by Gasteiger charge is -2.20. The molecular formula is C16H21NO5S. The van der Waals surface area contributed by atoms with Gasteiger partial charge in [-0.15, -0.1) is 0 Å². The van der Waals surface area contributed by atoms with Crippen molar-refractivity contribution in [2.45, 2.75) is 31.6 Å². The number of nitrogens with zero attached hydrogens (tertiary/aromatic N) is 1. The van der Waals surface area contributed by atoms with E-state index in [1.165, 1.54) is 17.0 Å². The lowest BCUT2D eigenvalue weighted by molar-refractivity contribution is -0.147. The highest BCUT2D eigenvalue weighted by molar-refractivity contribution is 7.91. The van der Waals surface area contributed by atoms with Crippen molar-refractivity contribution in [3.05, 3.63) is 29.8 Å². The van der Waals surface area contributed by atoms with Gasteiger partial charge in [0.15, 0.2) is 9.84 Å². The van der Waals surface area contributed by atoms with Crippen LogP contribution in [0.1, 0.15) is 25.3 Å². The monoisotopic (exact) mass is 339 g/mol. The Kier molecular flexibility index (Phi) is 4.79. The van der Waals surface area contributed by atoms with E-state index in [9.17, 15) is 18.0 Å². The molecule has 0 bridgehead atoms. The van der Waals surface area contributed by atoms with E-state index in [2.05, 4.69) is 0 Å². The third-order valence-corrected chi connectivity index (χ3v) is 6.04. The summed E-state index contributed by atoms with van der Waals surface area (Å²) in [5.41, 5.74) is 0.0240. The van der Waals surface area contributed by atoms with Gasteiger partial charge in [0.05, 0.1) is 16.1 Å². The molecule has 0 aromatic heterocycles. The number of carbonyl (C=O) groups excluding carboxylic acids is 1. The molecule has 7 heteroatoms. The summed E-state index contributed by atoms with van der Waals surface area (Å²) >= 11 is 0. The van der Waals surface area contributed by atoms with Crippen molar-refractivity contribution in [1.29, 1.82) is 0 Å². The number of hydrogen-bond donors (Lipinski definition) is 1. The smallest absolute Gasteiger partial charge is 0.311 e. The minimum Gasteiger partial charge on any atom is -0.481 e. The highest BCUT2D eigenvalue weighted by Crippen LogP contribution is 2.30. The van der Waals surface area contributed by atoms with Crippen molar-refractivity contribution in [2.24, 2.45) is 5.41 Å². The summed E-state index contributed by atoms with van der Waals surface area (Å²) in [4.78, 5) is 25.0. The Morgan fingerprint density at radius 2 is 1.87 bits per heavy atom. The van der Waals surface area contributed by atoms with Gasteiger partial charge in [-0.25, -0.2) is 8.42 Å². The van der Waals surface area contributed by atoms with Gasteiger partial charge in [0.2, 0.25) is 5.91 Å². The largest absolute Gasteiger partial charge is 0.481 e. The van der Waals surface area contributed by atoms with Crippen LogP contribution in [-0.4, -0.2) is 49.1 Å². The van der Waals surface area contributed by atoms with Gasteiger partial charge < -0.3 is 10.0 Å². The normalized spacial score (nSPS) is 21.4. The van der Waals surface area contributed by atoms with Crippen LogP contribution in [0.5, 0.6) is 0 Å². The van der Waals surface area contributed by atoms with Crippen LogP contribution in [0.25, 0.3) is 0 Å². The molecule has 1 aliphatic rings. The van der Waals surface area contributed by atoms with Gasteiger partial charge in [-0.2, -0.15) is 0 Å². The molecule has 0 saturated carbocycles. The number of carboxylic acids is 1. The van der Waals surface area contributed by atoms with Crippen LogP contribution in [0.4, 0.5) is 0 Å². The van der Waals surface area contributed by atoms with Crippen molar-refractivity contribution in [2.75, 3.05) is 18.8 Å². The van der Waals surface area contributed by atoms with E-state index < -0.39 is 21.2 Å². The van der Waals surface area contributed by atoms with Crippen LogP contribution in [0.15, 0.2) is 29.2 Å². The molecule has 23 heavy (non-hydrogen) atoms. The number of benzene rings is 1. The second-order valence-electron chi connectivity index (χ2n) is 6.31. The zero-order chi connectivity index (χ0) is 17.3. The zero-order valence-electron chi connectivity index (χ0n) is 13.3. The Bertz CT molecular complexity index is 710. The van der Waals surface area contributed by atoms with Crippen molar-refractivity contribution in [3.8, 4) is 0 Å². The maximum Gasteiger partial charge on any atom is 0.311 e. The second kappa shape index (κ2) is 6.31. The maximum absolute atomic E-state index is 12.2. The predicted molar refractivity (Wildman–Crippen MR) is 84.8 cm³/mol. The SMILES string of the molecule is Cc1ccc(S(=O)(=O)CCC(=O)N2CC[C@](C)(C(=O)O)C2)cc1. The van der Waals surface area contributed by atoms with Crippen molar-refractivity contribution < 1.29 is 23.1 Å². The fraction of sp³-hybridized carbons (Fsp3) is 0.500. The molecule has 0 spiro atoms. The fourth-order valence-corrected chi connectivity index (χ4v) is 3.82. The molecule has 1 heterocycles. The molecule has 1 aromatic carbocycles. The van der Waals surface area contributed by atoms with E-state index in [0.717, 1.165) is 5.56 Å². The van der Waals surface area contributed by atoms with Crippen molar-refractivity contribution in [3.63, 3.8) is 0 Å². The number of amides is 1. The Morgan fingerprint density at radius 3 is 2.39 bits per heavy atom. The van der Waals surface area contributed by atoms with E-state index in [0.29, 0.717) is 13.0 Å². The molecule has 1 N–H and O–H groups in total. The molecule has 6 nitrogen and oxygen atoms in total. The summed E-state index contributed by atoms with van der Waals surface area (Å²) in [7, 11) is -3.51. The summed E-state index contributed by atoms with van der Waals surface area (Å²) in [6.45, 7) is 3.95. The van der Waals surface area contributed by atoms with E-state index >= 15 is 0 Å². The summed E-state index contributed by atoms with van der Waals surface area (Å²) in [5.74, 6) is -1.51. The molecule has 0 radical (unpaired) electrons. The van der Waals surface area contributed by atoms with E-state index in [-0.39, 0.29) is 29.5 Å². The standard InChI is InChI=1S/C16H21NO5S/c1-12-3-5-13(6-4-12)23(21,22)10-7-14(18)17-9-8-16(2,11-17)15(19)20/h3-6H,7-11H2,1-2H3,(H,19,20)/t16-/m0/s1. The number of rotatable bonds is 5. The third kappa shape index (κ3) is 3.90. The topological polar surface area (TPSA) is 91.8 Å². The first-order valence-electron chi connectivity index (χ1n) is 7.45. The minimum atomic E-state index is -3.51. The zero-order valence-corrected chi connectivity index (χ0v) is 14.1. The Morgan fingerprint density at radius 1 is 1.26 bits per heavy atom. The van der Waals surface area contributed by atoms with Gasteiger partial charge in [-0.05, 0) is 32.4 Å². The first kappa shape index (κ1) is 17.5. The Hall–Kier alpha value is -1.89. The molecule has 0 aliphatic carbocycles. The average Bonchev–Trinajstić information content (AvgIpc) is 2.89. The lowest BCUT2D eigenvalue weighted by atomic mass is 9.90. The molecule has 1 amide bonds. The Labute approximate surface area is 136 Å². The highest BCUT2D eigenvalue weighted by Gasteiger charge is 2.42. The van der Waals surface area contributed by atoms with Gasteiger partial charge in [0, 0.05) is 19.5 Å². The number of carboxylic acid groups (broad SMARTS) is 1. The lowest BCUT2D eigenvalue weighted by Crippen LogP contribution is -2.35. The van der Waals surface area contributed by atoms with Crippen LogP contribution < -0.4 is 0 Å². The molecule has 1 atom stereocenters. The molecular weight excluding hydrogens is 318 g/mol. The molecule has 1 saturated heterocycles. The van der Waals surface area contributed by atoms with Crippen LogP contribution in [0.3, 0.4) is 0 Å². The first-order chi connectivity index (χ1) is 10.6. The third-order valence-electron chi connectivity index (χ3n) is 4.31. The second-order valence-corrected chi connectivity index (χ2v) is 8.42. The van der Waals surface area contributed by atoms with E-state index in [1.54, 1.807) is 19.1 Å². The van der Waals surface area contributed by atoms with Crippen molar-refractivity contribution >= 4 is 21.7 Å². The van der Waals surface area contributed by atoms with Gasteiger partial charge in [0.1, 0.15) is 0 Å². The van der Waals surface area contributed by atoms with Gasteiger partial charge in [-0.1, -0.05) is 17.7 Å². The summed E-state index contributed by atoms with van der Waals surface area (Å²) < 4.78 is 24.5. The average molecular weight is 339 g/mol. The summed E-state index contributed by atoms with van der Waals surface area (Å²) in [5, 5.41) is 9.17. The Balaban J connectivity index is 1.97. The van der Waals surface area contributed by atoms with Gasteiger partial charge in [-0.3, -0.25) is 9.59 Å². The van der Waals surface area contributed by atoms with E-state index in [1.807, 2.05) is 6.92 Å². The van der Waals surface area contributed by atoms with Gasteiger partial charge >= 0.3 is 5.97 Å². The number of likely N-dealkylation sites (tertiary alicyclic amines) is 1. The van der Waals surface area contributed by atoms with Gasteiger partial charge in [0.25, 0.3) is 0 Å². The number of sulfone groups is 1.